The second-order valence-electron chi connectivity index (χ2n) is 12.0. The minimum atomic E-state index is -0.537. The summed E-state index contributed by atoms with van der Waals surface area (Å²) in [7, 11) is 0. The van der Waals surface area contributed by atoms with Gasteiger partial charge in [-0.3, -0.25) is 0 Å². The maximum Gasteiger partial charge on any atom is 0.407 e. The van der Waals surface area contributed by atoms with Gasteiger partial charge < -0.3 is 23.9 Å². The van der Waals surface area contributed by atoms with Crippen molar-refractivity contribution in [1.29, 1.82) is 0 Å². The summed E-state index contributed by atoms with van der Waals surface area (Å²) in [5, 5.41) is 10.7. The van der Waals surface area contributed by atoms with Gasteiger partial charge in [-0.2, -0.15) is 0 Å². The molecule has 4 aromatic rings. The predicted molar refractivity (Wildman–Crippen MR) is 154 cm³/mol. The number of hydrogen-bond donors (Lipinski definition) is 1. The highest BCUT2D eigenvalue weighted by molar-refractivity contribution is 5.68. The molecule has 1 aliphatic rings. The summed E-state index contributed by atoms with van der Waals surface area (Å²) in [4.78, 5) is 16.0. The third-order valence-electron chi connectivity index (χ3n) is 7.05. The molecule has 0 atom stereocenters. The smallest absolute Gasteiger partial charge is 0.407 e. The zero-order valence-electron chi connectivity index (χ0n) is 24.6. The lowest BCUT2D eigenvalue weighted by atomic mass is 9.78. The van der Waals surface area contributed by atoms with Crippen LogP contribution in [-0.2, 0) is 10.2 Å². The van der Waals surface area contributed by atoms with Crippen molar-refractivity contribution in [2.45, 2.75) is 77.5 Å². The van der Waals surface area contributed by atoms with Crippen molar-refractivity contribution in [3.63, 3.8) is 0 Å². The molecule has 1 fully saturated rings. The van der Waals surface area contributed by atoms with E-state index in [-0.39, 0.29) is 34.9 Å². The molecular formula is C32H35FN4O5. The molecule has 2 heterocycles. The minimum absolute atomic E-state index is 0.0500. The number of nitrogens with zero attached hydrogens (tertiary/aromatic N) is 3. The Hall–Kier alpha value is -4.47. The summed E-state index contributed by atoms with van der Waals surface area (Å²) in [6.45, 7) is 11.5. The average Bonchev–Trinajstić information content (AvgIpc) is 3.33. The number of ether oxygens (including phenoxy) is 3. The van der Waals surface area contributed by atoms with Gasteiger partial charge in [-0.15, -0.1) is 10.2 Å². The first-order chi connectivity index (χ1) is 19.9. The molecule has 1 saturated carbocycles. The van der Waals surface area contributed by atoms with E-state index < -0.39 is 17.5 Å². The molecule has 42 heavy (non-hydrogen) atoms. The lowest BCUT2D eigenvalue weighted by Gasteiger charge is -2.36. The second kappa shape index (κ2) is 11.4. The van der Waals surface area contributed by atoms with Crippen molar-refractivity contribution < 1.29 is 27.8 Å². The predicted octanol–water partition coefficient (Wildman–Crippen LogP) is 7.13. The Labute approximate surface area is 244 Å². The molecule has 1 amide bonds. The summed E-state index contributed by atoms with van der Waals surface area (Å²) in [5.74, 6) is 1.47. The van der Waals surface area contributed by atoms with Gasteiger partial charge >= 0.3 is 6.09 Å². The topological polar surface area (TPSA) is 109 Å². The molecule has 0 radical (unpaired) electrons. The standard InChI is InChI=1S/C32H35FN4O5/c1-19-36-37-29(39-19)28-27(15-22(33)18-34-28)41-25-13-9-21(10-14-25)32(5,6)20-7-11-24(12-8-20)40-26-16-23(17-26)35-30(38)42-31(2,3)4/h7-15,18,23,26H,16-17H2,1-6H3,(H,35,38)/t23-,26-. The molecule has 220 valence electrons. The van der Waals surface area contributed by atoms with Crippen molar-refractivity contribution >= 4 is 6.09 Å². The Morgan fingerprint density at radius 2 is 1.57 bits per heavy atom. The Morgan fingerprint density at radius 3 is 2.14 bits per heavy atom. The Morgan fingerprint density at radius 1 is 0.952 bits per heavy atom. The molecule has 5 rings (SSSR count). The lowest BCUT2D eigenvalue weighted by Crippen LogP contribution is -2.50. The molecule has 2 aromatic carbocycles. The maximum atomic E-state index is 14.0. The van der Waals surface area contributed by atoms with Gasteiger partial charge in [0.2, 0.25) is 5.89 Å². The number of carbonyl (C=O) groups is 1. The van der Waals surface area contributed by atoms with Crippen LogP contribution >= 0.6 is 0 Å². The Bertz CT molecular complexity index is 1540. The summed E-state index contributed by atoms with van der Waals surface area (Å²) >= 11 is 0. The van der Waals surface area contributed by atoms with Crippen LogP contribution in [0.3, 0.4) is 0 Å². The number of aryl methyl sites for hydroxylation is 1. The van der Waals surface area contributed by atoms with Crippen LogP contribution in [0, 0.1) is 12.7 Å². The van der Waals surface area contributed by atoms with Gasteiger partial charge in [-0.05, 0) is 56.2 Å². The number of carbonyl (C=O) groups excluding carboxylic acids is 1. The average molecular weight is 575 g/mol. The zero-order chi connectivity index (χ0) is 30.1. The quantitative estimate of drug-likeness (QED) is 0.237. The van der Waals surface area contributed by atoms with Crippen LogP contribution in [0.15, 0.2) is 65.2 Å². The molecule has 9 nitrogen and oxygen atoms in total. The molecular weight excluding hydrogens is 539 g/mol. The van der Waals surface area contributed by atoms with Gasteiger partial charge in [0.05, 0.1) is 6.20 Å². The first-order valence-electron chi connectivity index (χ1n) is 13.9. The van der Waals surface area contributed by atoms with E-state index >= 15 is 0 Å². The fourth-order valence-electron chi connectivity index (χ4n) is 4.68. The summed E-state index contributed by atoms with van der Waals surface area (Å²) in [5.41, 5.74) is 1.63. The van der Waals surface area contributed by atoms with Crippen LogP contribution in [0.5, 0.6) is 17.2 Å². The highest BCUT2D eigenvalue weighted by Crippen LogP contribution is 2.36. The number of aromatic nitrogens is 3. The summed E-state index contributed by atoms with van der Waals surface area (Å²) in [6.07, 6.45) is 2.21. The van der Waals surface area contributed by atoms with E-state index in [1.807, 2.05) is 57.2 Å². The number of alkyl carbamates (subject to hydrolysis) is 1. The van der Waals surface area contributed by atoms with Gasteiger partial charge in [-0.1, -0.05) is 38.1 Å². The third-order valence-corrected chi connectivity index (χ3v) is 7.05. The van der Waals surface area contributed by atoms with Crippen molar-refractivity contribution in [3.8, 4) is 28.8 Å². The molecule has 1 N–H and O–H groups in total. The van der Waals surface area contributed by atoms with E-state index in [4.69, 9.17) is 18.6 Å². The van der Waals surface area contributed by atoms with Gasteiger partial charge in [0.25, 0.3) is 5.89 Å². The fourth-order valence-corrected chi connectivity index (χ4v) is 4.68. The minimum Gasteiger partial charge on any atom is -0.490 e. The van der Waals surface area contributed by atoms with Crippen LogP contribution in [0.25, 0.3) is 11.6 Å². The monoisotopic (exact) mass is 574 g/mol. The van der Waals surface area contributed by atoms with E-state index in [0.717, 1.165) is 35.9 Å². The lowest BCUT2D eigenvalue weighted by molar-refractivity contribution is 0.0363. The van der Waals surface area contributed by atoms with Crippen molar-refractivity contribution in [1.82, 2.24) is 20.5 Å². The summed E-state index contributed by atoms with van der Waals surface area (Å²) < 4.78 is 36.8. The van der Waals surface area contributed by atoms with Gasteiger partial charge in [0, 0.05) is 37.3 Å². The highest BCUT2D eigenvalue weighted by Gasteiger charge is 2.33. The fraction of sp³-hybridized carbons (Fsp3) is 0.375. The first-order valence-corrected chi connectivity index (χ1v) is 13.9. The number of rotatable bonds is 8. The number of pyridine rings is 1. The molecule has 1 aliphatic carbocycles. The maximum absolute atomic E-state index is 14.0. The number of amides is 1. The molecule has 10 heteroatoms. The number of hydrogen-bond acceptors (Lipinski definition) is 8. The van der Waals surface area contributed by atoms with E-state index in [9.17, 15) is 9.18 Å². The van der Waals surface area contributed by atoms with Crippen molar-refractivity contribution in [2.75, 3.05) is 0 Å². The number of nitrogens with one attached hydrogen (secondary N) is 1. The SMILES string of the molecule is Cc1nnc(-c2ncc(F)cc2Oc2ccc(C(C)(C)c3ccc(O[C@H]4C[C@H](NC(=O)OC(C)(C)C)C4)cc3)cc2)o1. The normalized spacial score (nSPS) is 16.8. The van der Waals surface area contributed by atoms with E-state index in [0.29, 0.717) is 11.6 Å². The van der Waals surface area contributed by atoms with Crippen LogP contribution < -0.4 is 14.8 Å². The first kappa shape index (κ1) is 29.0. The van der Waals surface area contributed by atoms with Crippen molar-refractivity contribution in [2.24, 2.45) is 0 Å². The third kappa shape index (κ3) is 6.87. The van der Waals surface area contributed by atoms with Gasteiger partial charge in [-0.25, -0.2) is 14.2 Å². The second-order valence-corrected chi connectivity index (χ2v) is 12.0. The van der Waals surface area contributed by atoms with Crippen LogP contribution in [0.2, 0.25) is 0 Å². The zero-order valence-corrected chi connectivity index (χ0v) is 24.6. The largest absolute Gasteiger partial charge is 0.490 e. The van der Waals surface area contributed by atoms with E-state index in [1.54, 1.807) is 6.92 Å². The Kier molecular flexibility index (Phi) is 7.90. The van der Waals surface area contributed by atoms with E-state index in [1.165, 1.54) is 6.07 Å². The van der Waals surface area contributed by atoms with E-state index in [2.05, 4.69) is 46.5 Å². The molecule has 0 unspecified atom stereocenters. The van der Waals surface area contributed by atoms with Crippen LogP contribution in [-0.4, -0.2) is 39.0 Å². The van der Waals surface area contributed by atoms with Gasteiger partial charge in [0.15, 0.2) is 11.4 Å². The van der Waals surface area contributed by atoms with Crippen LogP contribution in [0.4, 0.5) is 9.18 Å². The van der Waals surface area contributed by atoms with Gasteiger partial charge in [0.1, 0.15) is 29.0 Å². The molecule has 0 spiro atoms. The summed E-state index contributed by atoms with van der Waals surface area (Å²) in [6, 6.07) is 17.0. The van der Waals surface area contributed by atoms with Crippen molar-refractivity contribution in [3.05, 3.63) is 83.6 Å². The molecule has 2 aromatic heterocycles. The number of halogens is 1. The molecule has 0 aliphatic heterocycles. The number of benzene rings is 2. The molecule has 0 bridgehead atoms. The Balaban J connectivity index is 1.19. The highest BCUT2D eigenvalue weighted by atomic mass is 19.1. The molecule has 0 saturated heterocycles. The van der Waals surface area contributed by atoms with Crippen LogP contribution in [0.1, 0.15) is 64.5 Å².